The van der Waals surface area contributed by atoms with Crippen molar-refractivity contribution in [1.82, 2.24) is 0 Å². The maximum absolute atomic E-state index is 13.0. The van der Waals surface area contributed by atoms with E-state index in [0.717, 1.165) is 6.07 Å². The smallest absolute Gasteiger partial charge is 0.204 e. The van der Waals surface area contributed by atoms with Crippen LogP contribution < -0.4 is 4.74 Å². The first-order valence-electron chi connectivity index (χ1n) is 5.16. The lowest BCUT2D eigenvalue weighted by Crippen LogP contribution is -2.29. The van der Waals surface area contributed by atoms with Crippen LogP contribution in [0, 0.1) is 21.8 Å². The molecule has 1 heterocycles. The summed E-state index contributed by atoms with van der Waals surface area (Å²) >= 11 is 0. The number of fused-ring (bicyclic) bond motifs is 1. The molecule has 6 heteroatoms. The summed E-state index contributed by atoms with van der Waals surface area (Å²) in [6.07, 6.45) is 0.113. The normalized spacial score (nSPS) is 18.4. The minimum atomic E-state index is -0.560. The average molecular weight is 239 g/mol. The molecule has 1 atom stereocenters. The molecule has 0 fully saturated rings. The quantitative estimate of drug-likeness (QED) is 0.594. The highest BCUT2D eigenvalue weighted by molar-refractivity contribution is 6.01. The number of halogens is 1. The molecule has 5 nitrogen and oxygen atoms in total. The predicted molar refractivity (Wildman–Crippen MR) is 56.2 cm³/mol. The molecule has 1 aliphatic heterocycles. The Labute approximate surface area is 96.3 Å². The summed E-state index contributed by atoms with van der Waals surface area (Å²) in [4.78, 5) is 21.7. The van der Waals surface area contributed by atoms with Crippen LogP contribution >= 0.6 is 0 Å². The third kappa shape index (κ3) is 2.41. The second-order valence-corrected chi connectivity index (χ2v) is 3.86. The van der Waals surface area contributed by atoms with Crippen LogP contribution in [-0.2, 0) is 0 Å². The fraction of sp³-hybridized carbons (Fsp3) is 0.364. The van der Waals surface area contributed by atoms with E-state index in [9.17, 15) is 19.3 Å². The number of ether oxygens (including phenoxy) is 1. The summed E-state index contributed by atoms with van der Waals surface area (Å²) in [5.41, 5.74) is 0.171. The van der Waals surface area contributed by atoms with Gasteiger partial charge >= 0.3 is 0 Å². The number of ketones is 1. The summed E-state index contributed by atoms with van der Waals surface area (Å²) < 4.78 is 18.3. The Kier molecular flexibility index (Phi) is 3.03. The fourth-order valence-corrected chi connectivity index (χ4v) is 1.78. The first-order chi connectivity index (χ1) is 8.08. The Morgan fingerprint density at radius 3 is 3.00 bits per heavy atom. The van der Waals surface area contributed by atoms with E-state index in [2.05, 4.69) is 0 Å². The lowest BCUT2D eigenvalue weighted by molar-refractivity contribution is -0.481. The summed E-state index contributed by atoms with van der Waals surface area (Å²) in [5, 5.41) is 10.2. The van der Waals surface area contributed by atoms with E-state index in [1.807, 2.05) is 0 Å². The maximum Gasteiger partial charge on any atom is 0.204 e. The number of carbonyl (C=O) groups excluding carboxylic acids is 1. The van der Waals surface area contributed by atoms with Gasteiger partial charge in [-0.15, -0.1) is 0 Å². The van der Waals surface area contributed by atoms with Gasteiger partial charge in [-0.25, -0.2) is 4.39 Å². The van der Waals surface area contributed by atoms with E-state index in [1.165, 1.54) is 12.1 Å². The van der Waals surface area contributed by atoms with Gasteiger partial charge in [-0.3, -0.25) is 14.9 Å². The molecule has 0 amide bonds. The number of carbonyl (C=O) groups is 1. The van der Waals surface area contributed by atoms with E-state index in [1.54, 1.807) is 0 Å². The molecule has 17 heavy (non-hydrogen) atoms. The SMILES string of the molecule is O=C1c2cc(F)ccc2OCC1CC[N+](=O)[O-]. The zero-order valence-electron chi connectivity index (χ0n) is 8.89. The number of Topliss-reactive ketones (excluding diaryl/α,β-unsaturated/α-hetero) is 1. The van der Waals surface area contributed by atoms with Crippen molar-refractivity contribution < 1.29 is 18.8 Å². The number of hydrogen-bond acceptors (Lipinski definition) is 4. The summed E-state index contributed by atoms with van der Waals surface area (Å²) in [5.74, 6) is -1.02. The molecule has 1 unspecified atom stereocenters. The van der Waals surface area contributed by atoms with Gasteiger partial charge in [0.05, 0.1) is 18.1 Å². The number of nitrogens with zero attached hydrogens (tertiary/aromatic N) is 1. The number of nitro groups is 1. The van der Waals surface area contributed by atoms with Gasteiger partial charge in [0.25, 0.3) is 0 Å². The molecule has 0 aliphatic carbocycles. The van der Waals surface area contributed by atoms with Crippen molar-refractivity contribution in [3.63, 3.8) is 0 Å². The molecule has 0 saturated heterocycles. The summed E-state index contributed by atoms with van der Waals surface area (Å²) in [6, 6.07) is 3.71. The van der Waals surface area contributed by atoms with E-state index in [-0.39, 0.29) is 30.9 Å². The molecule has 1 aromatic rings. The first-order valence-corrected chi connectivity index (χ1v) is 5.16. The molecular formula is C11H10FNO4. The molecule has 0 bridgehead atoms. The van der Waals surface area contributed by atoms with E-state index in [4.69, 9.17) is 4.74 Å². The van der Waals surface area contributed by atoms with Gasteiger partial charge in [0.2, 0.25) is 6.54 Å². The second kappa shape index (κ2) is 4.48. The number of benzene rings is 1. The van der Waals surface area contributed by atoms with Crippen LogP contribution in [0.4, 0.5) is 4.39 Å². The van der Waals surface area contributed by atoms with Crippen molar-refractivity contribution in [2.24, 2.45) is 5.92 Å². The minimum absolute atomic E-state index is 0.113. The van der Waals surface area contributed by atoms with Gasteiger partial charge in [0, 0.05) is 11.3 Å². The van der Waals surface area contributed by atoms with E-state index < -0.39 is 16.7 Å². The maximum atomic E-state index is 13.0. The number of hydrogen-bond donors (Lipinski definition) is 0. The third-order valence-electron chi connectivity index (χ3n) is 2.68. The molecule has 0 spiro atoms. The van der Waals surface area contributed by atoms with Crippen molar-refractivity contribution >= 4 is 5.78 Å². The van der Waals surface area contributed by atoms with Crippen LogP contribution in [0.25, 0.3) is 0 Å². The van der Waals surface area contributed by atoms with Crippen LogP contribution in [0.15, 0.2) is 18.2 Å². The molecular weight excluding hydrogens is 229 g/mol. The Balaban J connectivity index is 2.17. The van der Waals surface area contributed by atoms with E-state index in [0.29, 0.717) is 5.75 Å². The van der Waals surface area contributed by atoms with Crippen molar-refractivity contribution in [3.05, 3.63) is 39.7 Å². The van der Waals surface area contributed by atoms with Crippen LogP contribution in [0.1, 0.15) is 16.8 Å². The third-order valence-corrected chi connectivity index (χ3v) is 2.68. The van der Waals surface area contributed by atoms with Gasteiger partial charge in [0.1, 0.15) is 11.6 Å². The average Bonchev–Trinajstić information content (AvgIpc) is 2.29. The van der Waals surface area contributed by atoms with Gasteiger partial charge < -0.3 is 4.74 Å². The van der Waals surface area contributed by atoms with Gasteiger partial charge in [-0.2, -0.15) is 0 Å². The molecule has 0 radical (unpaired) electrons. The highest BCUT2D eigenvalue weighted by Gasteiger charge is 2.30. The van der Waals surface area contributed by atoms with Crippen molar-refractivity contribution in [2.75, 3.05) is 13.2 Å². The molecule has 1 aliphatic rings. The minimum Gasteiger partial charge on any atom is -0.492 e. The van der Waals surface area contributed by atoms with Crippen molar-refractivity contribution in [2.45, 2.75) is 6.42 Å². The topological polar surface area (TPSA) is 69.4 Å². The lowest BCUT2D eigenvalue weighted by atomic mass is 9.92. The van der Waals surface area contributed by atoms with Crippen LogP contribution in [0.3, 0.4) is 0 Å². The zero-order chi connectivity index (χ0) is 12.4. The molecule has 1 aromatic carbocycles. The Hall–Kier alpha value is -1.98. The highest BCUT2D eigenvalue weighted by atomic mass is 19.1. The van der Waals surface area contributed by atoms with Crippen LogP contribution in [0.5, 0.6) is 5.75 Å². The monoisotopic (exact) mass is 239 g/mol. The second-order valence-electron chi connectivity index (χ2n) is 3.86. The predicted octanol–water partition coefficient (Wildman–Crippen LogP) is 1.68. The molecule has 0 N–H and O–H groups in total. The molecule has 90 valence electrons. The van der Waals surface area contributed by atoms with Crippen molar-refractivity contribution in [1.29, 1.82) is 0 Å². The van der Waals surface area contributed by atoms with Crippen LogP contribution in [-0.4, -0.2) is 23.9 Å². The number of rotatable bonds is 3. The fourth-order valence-electron chi connectivity index (χ4n) is 1.78. The summed E-state index contributed by atoms with van der Waals surface area (Å²) in [6.45, 7) is -0.171. The van der Waals surface area contributed by atoms with Crippen LogP contribution in [0.2, 0.25) is 0 Å². The van der Waals surface area contributed by atoms with Gasteiger partial charge in [-0.05, 0) is 18.2 Å². The first kappa shape index (κ1) is 11.5. The van der Waals surface area contributed by atoms with E-state index >= 15 is 0 Å². The molecule has 0 saturated carbocycles. The lowest BCUT2D eigenvalue weighted by Gasteiger charge is -2.22. The summed E-state index contributed by atoms with van der Waals surface area (Å²) in [7, 11) is 0. The Bertz CT molecular complexity index is 475. The van der Waals surface area contributed by atoms with Gasteiger partial charge in [0.15, 0.2) is 5.78 Å². The highest BCUT2D eigenvalue weighted by Crippen LogP contribution is 2.29. The zero-order valence-corrected chi connectivity index (χ0v) is 8.89. The van der Waals surface area contributed by atoms with Crippen molar-refractivity contribution in [3.8, 4) is 5.75 Å². The molecule has 2 rings (SSSR count). The Morgan fingerprint density at radius 2 is 2.29 bits per heavy atom. The molecule has 0 aromatic heterocycles. The largest absolute Gasteiger partial charge is 0.492 e. The van der Waals surface area contributed by atoms with Gasteiger partial charge in [-0.1, -0.05) is 0 Å². The standard InChI is InChI=1S/C11H10FNO4/c12-8-1-2-10-9(5-8)11(14)7(6-17-10)3-4-13(15)16/h1-2,5,7H,3-4,6H2. The Morgan fingerprint density at radius 1 is 1.53 bits per heavy atom.